The van der Waals surface area contributed by atoms with Crippen LogP contribution in [0.3, 0.4) is 0 Å². The Morgan fingerprint density at radius 3 is 2.32 bits per heavy atom. The van der Waals surface area contributed by atoms with E-state index in [-0.39, 0.29) is 37.1 Å². The van der Waals surface area contributed by atoms with Crippen LogP contribution in [-0.4, -0.2) is 109 Å². The molecule has 2 saturated heterocycles. The molecule has 3 aromatic heterocycles. The Morgan fingerprint density at radius 1 is 0.873 bits per heavy atom. The summed E-state index contributed by atoms with van der Waals surface area (Å²) in [6, 6.07) is 18.3. The highest BCUT2D eigenvalue weighted by Crippen LogP contribution is 2.43. The Bertz CT molecular complexity index is 3320. The number of esters is 1. The van der Waals surface area contributed by atoms with E-state index in [9.17, 15) is 28.4 Å². The highest BCUT2D eigenvalue weighted by atomic mass is 35.5. The molecule has 3 amide bonds. The molecule has 4 aromatic carbocycles. The number of amides is 3. The summed E-state index contributed by atoms with van der Waals surface area (Å²) in [7, 11) is 3.48. The Balaban J connectivity index is 0.955. The smallest absolute Gasteiger partial charge is 0.355 e. The zero-order valence-corrected chi connectivity index (χ0v) is 41.8. The van der Waals surface area contributed by atoms with E-state index in [1.807, 2.05) is 76.7 Å². The van der Waals surface area contributed by atoms with Crippen LogP contribution in [0, 0.1) is 19.7 Å². The van der Waals surface area contributed by atoms with Gasteiger partial charge in [0.05, 0.1) is 28.4 Å². The van der Waals surface area contributed by atoms with Crippen molar-refractivity contribution in [1.82, 2.24) is 38.6 Å². The van der Waals surface area contributed by atoms with E-state index in [0.717, 1.165) is 49.8 Å². The number of imidazole rings is 1. The summed E-state index contributed by atoms with van der Waals surface area (Å²) >= 11 is 7.20. The van der Waals surface area contributed by atoms with Crippen molar-refractivity contribution in [2.24, 2.45) is 14.1 Å². The number of nitrogens with zero attached hydrogens (tertiary/aromatic N) is 7. The summed E-state index contributed by atoms with van der Waals surface area (Å²) in [6.45, 7) is 12.5. The maximum atomic E-state index is 14.6. The molecule has 16 nitrogen and oxygen atoms in total. The van der Waals surface area contributed by atoms with E-state index in [0.29, 0.717) is 92.0 Å². The van der Waals surface area contributed by atoms with Gasteiger partial charge in [-0.2, -0.15) is 5.10 Å². The Labute approximate surface area is 414 Å². The summed E-state index contributed by atoms with van der Waals surface area (Å²) in [5.41, 5.74) is 5.12. The minimum Gasteiger partial charge on any atom is -0.493 e. The van der Waals surface area contributed by atoms with Gasteiger partial charge in [-0.3, -0.25) is 38.4 Å². The molecule has 372 valence electrons. The van der Waals surface area contributed by atoms with Crippen molar-refractivity contribution in [2.75, 3.05) is 45.9 Å². The summed E-state index contributed by atoms with van der Waals surface area (Å²) in [5.74, 6) is -0.934. The summed E-state index contributed by atoms with van der Waals surface area (Å²) < 4.78 is 39.3. The van der Waals surface area contributed by atoms with Gasteiger partial charge in [-0.15, -0.1) is 0 Å². The number of para-hydroxylation sites is 1. The van der Waals surface area contributed by atoms with Crippen LogP contribution in [0.5, 0.6) is 11.5 Å². The minimum absolute atomic E-state index is 0.118. The average Bonchev–Trinajstić information content (AvgIpc) is 3.88. The van der Waals surface area contributed by atoms with E-state index in [1.54, 1.807) is 36.2 Å². The lowest BCUT2D eigenvalue weighted by atomic mass is 9.98. The van der Waals surface area contributed by atoms with E-state index in [1.165, 1.54) is 21.3 Å². The van der Waals surface area contributed by atoms with Crippen molar-refractivity contribution in [2.45, 2.75) is 78.5 Å². The molecule has 0 saturated carbocycles. The van der Waals surface area contributed by atoms with Crippen LogP contribution in [0.1, 0.15) is 73.5 Å². The van der Waals surface area contributed by atoms with Gasteiger partial charge in [0.25, 0.3) is 5.91 Å². The number of benzene rings is 4. The average molecular weight is 990 g/mol. The number of imide groups is 1. The first-order valence-corrected chi connectivity index (χ1v) is 24.3. The van der Waals surface area contributed by atoms with Crippen LogP contribution < -0.4 is 20.5 Å². The number of aryl methyl sites for hydroxylation is 4. The largest absolute Gasteiger partial charge is 0.493 e. The third kappa shape index (κ3) is 9.64. The molecular formula is C53H58ClFN8O8. The minimum atomic E-state index is -0.851. The van der Waals surface area contributed by atoms with Crippen molar-refractivity contribution in [1.29, 1.82) is 0 Å². The van der Waals surface area contributed by atoms with Gasteiger partial charge >= 0.3 is 11.7 Å². The number of aromatic nitrogens is 5. The SMILES string of the molecule is Cc1nn(C)c(C)c1-c1c(Cl)ccc2c(CCCOc3cccc4cc(F)ccc34)c(C(=O)OC(C)(C)C)n(CCN3CCN(C(=O)COc4cccc5c4n(C)c(=O)n5C4CCC(=O)NC4=O)CC3)c12. The zero-order chi connectivity index (χ0) is 50.5. The molecule has 7 aromatic rings. The van der Waals surface area contributed by atoms with E-state index in [2.05, 4.69) is 14.8 Å². The number of halogens is 2. The molecule has 0 bridgehead atoms. The van der Waals surface area contributed by atoms with Gasteiger partial charge in [-0.05, 0) is 107 Å². The number of rotatable bonds is 14. The number of carbonyl (C=O) groups excluding carboxylic acids is 4. The normalized spacial score (nSPS) is 15.8. The van der Waals surface area contributed by atoms with E-state index >= 15 is 0 Å². The van der Waals surface area contributed by atoms with E-state index < -0.39 is 29.2 Å². The number of hydrogen-bond acceptors (Lipinski definition) is 10. The number of fused-ring (bicyclic) bond motifs is 3. The fraction of sp³-hybridized carbons (Fsp3) is 0.396. The first kappa shape index (κ1) is 49.0. The zero-order valence-electron chi connectivity index (χ0n) is 41.1. The number of carbonyl (C=O) groups is 4. The van der Waals surface area contributed by atoms with Gasteiger partial charge < -0.3 is 23.7 Å². The van der Waals surface area contributed by atoms with Crippen LogP contribution in [0.15, 0.2) is 71.5 Å². The van der Waals surface area contributed by atoms with Gasteiger partial charge in [0, 0.05) is 87.4 Å². The lowest BCUT2D eigenvalue weighted by Gasteiger charge is -2.35. The van der Waals surface area contributed by atoms with Crippen LogP contribution >= 0.6 is 11.6 Å². The topological polar surface area (TPSA) is 164 Å². The molecule has 9 rings (SSSR count). The molecular weight excluding hydrogens is 931 g/mol. The number of nitrogens with one attached hydrogen (secondary N) is 1. The van der Waals surface area contributed by atoms with Crippen LogP contribution in [0.25, 0.3) is 43.8 Å². The van der Waals surface area contributed by atoms with Crippen molar-refractivity contribution in [3.8, 4) is 22.6 Å². The molecule has 0 spiro atoms. The predicted octanol–water partition coefficient (Wildman–Crippen LogP) is 7.43. The van der Waals surface area contributed by atoms with Crippen molar-refractivity contribution in [3.63, 3.8) is 0 Å². The number of ether oxygens (including phenoxy) is 3. The van der Waals surface area contributed by atoms with Gasteiger partial charge in [-0.1, -0.05) is 35.9 Å². The first-order chi connectivity index (χ1) is 33.9. The fourth-order valence-electron chi connectivity index (χ4n) is 10.1. The van der Waals surface area contributed by atoms with E-state index in [4.69, 9.17) is 30.9 Å². The molecule has 1 atom stereocenters. The van der Waals surface area contributed by atoms with Crippen LogP contribution in [-0.2, 0) is 46.2 Å². The molecule has 2 fully saturated rings. The number of hydrogen-bond donors (Lipinski definition) is 1. The van der Waals surface area contributed by atoms with Crippen molar-refractivity contribution < 1.29 is 37.8 Å². The second-order valence-electron chi connectivity index (χ2n) is 19.4. The lowest BCUT2D eigenvalue weighted by molar-refractivity contribution is -0.136. The Morgan fingerprint density at radius 2 is 1.61 bits per heavy atom. The molecule has 2 aliphatic rings. The molecule has 1 N–H and O–H groups in total. The summed E-state index contributed by atoms with van der Waals surface area (Å²) in [6.07, 6.45) is 1.34. The monoisotopic (exact) mass is 988 g/mol. The van der Waals surface area contributed by atoms with Crippen molar-refractivity contribution in [3.05, 3.63) is 111 Å². The molecule has 0 radical (unpaired) electrons. The first-order valence-electron chi connectivity index (χ1n) is 23.9. The summed E-state index contributed by atoms with van der Waals surface area (Å²) in [5, 5.41) is 10.0. The number of piperazine rings is 1. The van der Waals surface area contributed by atoms with Gasteiger partial charge in [-0.25, -0.2) is 14.0 Å². The third-order valence-corrected chi connectivity index (χ3v) is 13.9. The standard InChI is InChI=1S/C53H58ClFN8O8/c1-31-45(32(2)59(7)57-31)46-38(54)19-18-37-36(12-10-28-69-41-14-8-11-33-29-34(55)16-17-35(33)41)48(51(67)71-53(3,4)5)62(47(37)46)27-24-60-22-25-61(26-23-60)44(65)30-70-42-15-9-13-39-49(42)58(6)52(68)63(39)40-20-21-43(64)56-50(40)66/h8-9,11,13-19,29,40H,10,12,20-28,30H2,1-7H3,(H,56,64,66). The van der Waals surface area contributed by atoms with Gasteiger partial charge in [0.1, 0.15) is 40.2 Å². The molecule has 71 heavy (non-hydrogen) atoms. The second kappa shape index (κ2) is 19.7. The van der Waals surface area contributed by atoms with Gasteiger partial charge in [0.15, 0.2) is 6.61 Å². The Hall–Kier alpha value is -6.98. The summed E-state index contributed by atoms with van der Waals surface area (Å²) in [4.78, 5) is 70.4. The highest BCUT2D eigenvalue weighted by Gasteiger charge is 2.34. The van der Waals surface area contributed by atoms with Gasteiger partial charge in [0.2, 0.25) is 11.8 Å². The predicted molar refractivity (Wildman–Crippen MR) is 269 cm³/mol. The second-order valence-corrected chi connectivity index (χ2v) is 19.8. The maximum Gasteiger partial charge on any atom is 0.355 e. The maximum absolute atomic E-state index is 14.6. The molecule has 5 heterocycles. The quantitative estimate of drug-likeness (QED) is 0.0659. The molecule has 0 aliphatic carbocycles. The van der Waals surface area contributed by atoms with Crippen LogP contribution in [0.2, 0.25) is 5.02 Å². The Kier molecular flexibility index (Phi) is 13.6. The lowest BCUT2D eigenvalue weighted by Crippen LogP contribution is -2.50. The molecule has 1 unspecified atom stereocenters. The van der Waals surface area contributed by atoms with Crippen molar-refractivity contribution >= 4 is 68.0 Å². The van der Waals surface area contributed by atoms with Crippen LogP contribution in [0.4, 0.5) is 4.39 Å². The third-order valence-electron chi connectivity index (χ3n) is 13.6. The highest BCUT2D eigenvalue weighted by molar-refractivity contribution is 6.35. The fourth-order valence-corrected chi connectivity index (χ4v) is 10.4. The number of piperidine rings is 1. The molecule has 18 heteroatoms. The molecule has 2 aliphatic heterocycles.